The lowest BCUT2D eigenvalue weighted by Gasteiger charge is -2.01. The lowest BCUT2D eigenvalue weighted by molar-refractivity contribution is -0.135. The maximum atomic E-state index is 13.4. The van der Waals surface area contributed by atoms with E-state index in [1.807, 2.05) is 0 Å². The second-order valence-electron chi connectivity index (χ2n) is 3.84. The van der Waals surface area contributed by atoms with Crippen molar-refractivity contribution >= 4 is 35.1 Å². The zero-order chi connectivity index (χ0) is 15.1. The van der Waals surface area contributed by atoms with Crippen LogP contribution >= 0.6 is 11.6 Å². The van der Waals surface area contributed by atoms with Gasteiger partial charge in [-0.25, -0.2) is 9.18 Å². The highest BCUT2D eigenvalue weighted by Crippen LogP contribution is 2.15. The summed E-state index contributed by atoms with van der Waals surface area (Å²) in [6, 6.07) is 4.06. The quantitative estimate of drug-likeness (QED) is 0.498. The minimum atomic E-state index is -0.827. The third-order valence-corrected chi connectivity index (χ3v) is 2.52. The van der Waals surface area contributed by atoms with E-state index < -0.39 is 23.3 Å². The Kier molecular flexibility index (Phi) is 6.06. The Morgan fingerprint density at radius 3 is 2.75 bits per heavy atom. The predicted octanol–water partition coefficient (Wildman–Crippen LogP) is 3.03. The third kappa shape index (κ3) is 4.93. The third-order valence-electron chi connectivity index (χ3n) is 2.28. The number of halogens is 2. The molecule has 0 aliphatic rings. The summed E-state index contributed by atoms with van der Waals surface area (Å²) in [6.07, 6.45) is 2.00. The number of allylic oxidation sites excluding steroid dienone is 1. The first-order valence-corrected chi connectivity index (χ1v) is 6.22. The van der Waals surface area contributed by atoms with Gasteiger partial charge >= 0.3 is 5.97 Å². The van der Waals surface area contributed by atoms with Gasteiger partial charge < -0.3 is 4.74 Å². The van der Waals surface area contributed by atoms with Crippen molar-refractivity contribution in [1.82, 2.24) is 0 Å². The van der Waals surface area contributed by atoms with Crippen molar-refractivity contribution in [2.45, 2.75) is 13.3 Å². The molecule has 0 amide bonds. The van der Waals surface area contributed by atoms with Crippen LogP contribution in [0.1, 0.15) is 18.9 Å². The molecule has 1 aromatic rings. The number of esters is 1. The molecule has 6 heteroatoms. The Labute approximate surface area is 120 Å². The highest BCUT2D eigenvalue weighted by Gasteiger charge is 2.13. The molecule has 20 heavy (non-hydrogen) atoms. The van der Waals surface area contributed by atoms with Crippen molar-refractivity contribution in [3.63, 3.8) is 0 Å². The second kappa shape index (κ2) is 7.55. The summed E-state index contributed by atoms with van der Waals surface area (Å²) < 4.78 is 18.0. The van der Waals surface area contributed by atoms with Crippen LogP contribution in [0.2, 0.25) is 5.02 Å². The summed E-state index contributed by atoms with van der Waals surface area (Å²) in [6.45, 7) is 1.75. The molecular weight excluding hydrogens is 285 g/mol. The highest BCUT2D eigenvalue weighted by molar-refractivity contribution is 6.39. The van der Waals surface area contributed by atoms with Crippen molar-refractivity contribution in [2.24, 2.45) is 0 Å². The van der Waals surface area contributed by atoms with Crippen LogP contribution in [0.3, 0.4) is 0 Å². The SMILES string of the molecule is CCOC(=O)C(=N)CC(=O)C=Cc1ccc(Cl)cc1F. The molecule has 1 N–H and O–H groups in total. The molecule has 0 saturated heterocycles. The van der Waals surface area contributed by atoms with Crippen LogP contribution in [0.15, 0.2) is 24.3 Å². The van der Waals surface area contributed by atoms with Gasteiger partial charge in [0, 0.05) is 10.6 Å². The number of carbonyl (C=O) groups is 2. The normalized spacial score (nSPS) is 10.6. The van der Waals surface area contributed by atoms with Crippen LogP contribution in [-0.4, -0.2) is 24.1 Å². The van der Waals surface area contributed by atoms with E-state index in [2.05, 4.69) is 4.74 Å². The van der Waals surface area contributed by atoms with Crippen LogP contribution in [0.5, 0.6) is 0 Å². The molecule has 0 aromatic heterocycles. The molecule has 1 aromatic carbocycles. The van der Waals surface area contributed by atoms with Gasteiger partial charge in [0.05, 0.1) is 13.0 Å². The van der Waals surface area contributed by atoms with Gasteiger partial charge in [0.2, 0.25) is 0 Å². The first kappa shape index (κ1) is 16.0. The maximum Gasteiger partial charge on any atom is 0.352 e. The standard InChI is InChI=1S/C14H13ClFNO3/c1-2-20-14(19)13(17)8-11(18)6-4-9-3-5-10(15)7-12(9)16/h3-7,17H,2,8H2,1H3. The van der Waals surface area contributed by atoms with E-state index in [4.69, 9.17) is 17.0 Å². The minimum Gasteiger partial charge on any atom is -0.462 e. The number of hydrogen-bond donors (Lipinski definition) is 1. The van der Waals surface area contributed by atoms with Crippen molar-refractivity contribution in [3.05, 3.63) is 40.7 Å². The number of ketones is 1. The fraction of sp³-hybridized carbons (Fsp3) is 0.214. The van der Waals surface area contributed by atoms with Crippen LogP contribution in [0, 0.1) is 11.2 Å². The molecule has 0 bridgehead atoms. The smallest absolute Gasteiger partial charge is 0.352 e. The zero-order valence-electron chi connectivity index (χ0n) is 10.8. The Bertz CT molecular complexity index is 570. The highest BCUT2D eigenvalue weighted by atomic mass is 35.5. The predicted molar refractivity (Wildman–Crippen MR) is 74.4 cm³/mol. The molecule has 0 saturated carbocycles. The lowest BCUT2D eigenvalue weighted by atomic mass is 10.1. The minimum absolute atomic E-state index is 0.140. The average molecular weight is 298 g/mol. The fourth-order valence-electron chi connectivity index (χ4n) is 1.34. The van der Waals surface area contributed by atoms with Crippen LogP contribution in [0.4, 0.5) is 4.39 Å². The molecule has 4 nitrogen and oxygen atoms in total. The van der Waals surface area contributed by atoms with E-state index >= 15 is 0 Å². The van der Waals surface area contributed by atoms with Crippen molar-refractivity contribution in [1.29, 1.82) is 5.41 Å². The van der Waals surface area contributed by atoms with Crippen LogP contribution in [-0.2, 0) is 14.3 Å². The summed E-state index contributed by atoms with van der Waals surface area (Å²) in [7, 11) is 0. The van der Waals surface area contributed by atoms with Gasteiger partial charge in [-0.3, -0.25) is 10.2 Å². The largest absolute Gasteiger partial charge is 0.462 e. The second-order valence-corrected chi connectivity index (χ2v) is 4.28. The van der Waals surface area contributed by atoms with E-state index in [0.29, 0.717) is 0 Å². The van der Waals surface area contributed by atoms with E-state index in [0.717, 1.165) is 12.1 Å². The van der Waals surface area contributed by atoms with E-state index in [-0.39, 0.29) is 23.6 Å². The summed E-state index contributed by atoms with van der Waals surface area (Å²) in [5.74, 6) is -1.87. The summed E-state index contributed by atoms with van der Waals surface area (Å²) >= 11 is 5.60. The van der Waals surface area contributed by atoms with Gasteiger partial charge in [-0.15, -0.1) is 0 Å². The van der Waals surface area contributed by atoms with Gasteiger partial charge in [0.25, 0.3) is 0 Å². The van der Waals surface area contributed by atoms with E-state index in [1.54, 1.807) is 6.92 Å². The van der Waals surface area contributed by atoms with Gasteiger partial charge in [0.1, 0.15) is 11.5 Å². The summed E-state index contributed by atoms with van der Waals surface area (Å²) in [5.41, 5.74) is -0.233. The Hall–Kier alpha value is -2.01. The molecular formula is C14H13ClFNO3. The van der Waals surface area contributed by atoms with Gasteiger partial charge in [-0.2, -0.15) is 0 Å². The van der Waals surface area contributed by atoms with Gasteiger partial charge in [0.15, 0.2) is 5.78 Å². The number of hydrogen-bond acceptors (Lipinski definition) is 4. The monoisotopic (exact) mass is 297 g/mol. The lowest BCUT2D eigenvalue weighted by Crippen LogP contribution is -2.19. The Morgan fingerprint density at radius 1 is 1.45 bits per heavy atom. The maximum absolute atomic E-state index is 13.4. The number of ether oxygens (including phenoxy) is 1. The molecule has 0 aliphatic carbocycles. The van der Waals surface area contributed by atoms with Gasteiger partial charge in [-0.1, -0.05) is 17.7 Å². The topological polar surface area (TPSA) is 67.2 Å². The number of benzene rings is 1. The molecule has 106 valence electrons. The zero-order valence-corrected chi connectivity index (χ0v) is 11.5. The van der Waals surface area contributed by atoms with Crippen molar-refractivity contribution in [2.75, 3.05) is 6.61 Å². The van der Waals surface area contributed by atoms with Crippen LogP contribution < -0.4 is 0 Å². The molecule has 0 fully saturated rings. The molecule has 0 radical (unpaired) electrons. The summed E-state index contributed by atoms with van der Waals surface area (Å²) in [4.78, 5) is 22.7. The molecule has 1 rings (SSSR count). The average Bonchev–Trinajstić information content (AvgIpc) is 2.37. The molecule has 0 heterocycles. The van der Waals surface area contributed by atoms with Crippen molar-refractivity contribution < 1.29 is 18.7 Å². The summed E-state index contributed by atoms with van der Waals surface area (Å²) in [5, 5.41) is 7.62. The first-order chi connectivity index (χ1) is 9.43. The Morgan fingerprint density at radius 2 is 2.15 bits per heavy atom. The molecule has 0 atom stereocenters. The fourth-order valence-corrected chi connectivity index (χ4v) is 1.50. The van der Waals surface area contributed by atoms with Crippen LogP contribution in [0.25, 0.3) is 6.08 Å². The number of nitrogens with one attached hydrogen (secondary N) is 1. The van der Waals surface area contributed by atoms with E-state index in [1.165, 1.54) is 18.2 Å². The van der Waals surface area contributed by atoms with Crippen molar-refractivity contribution in [3.8, 4) is 0 Å². The Balaban J connectivity index is 2.64. The molecule has 0 unspecified atom stereocenters. The van der Waals surface area contributed by atoms with E-state index in [9.17, 15) is 14.0 Å². The molecule has 0 aliphatic heterocycles. The number of carbonyl (C=O) groups excluding carboxylic acids is 2. The molecule has 0 spiro atoms. The first-order valence-electron chi connectivity index (χ1n) is 5.84. The number of rotatable bonds is 6. The van der Waals surface area contributed by atoms with Gasteiger partial charge in [-0.05, 0) is 31.2 Å².